The van der Waals surface area contributed by atoms with Crippen molar-refractivity contribution in [2.45, 2.75) is 62.9 Å². The van der Waals surface area contributed by atoms with Crippen LogP contribution < -0.4 is 10.6 Å². The molecule has 0 spiro atoms. The number of carbonyl (C=O) groups excluding carboxylic acids is 1. The Labute approximate surface area is 185 Å². The molecule has 2 heterocycles. The van der Waals surface area contributed by atoms with Crippen LogP contribution in [0.3, 0.4) is 0 Å². The van der Waals surface area contributed by atoms with Crippen molar-refractivity contribution in [3.63, 3.8) is 0 Å². The second-order valence-corrected chi connectivity index (χ2v) is 9.03. The largest absolute Gasteiger partial charge is 0.378 e. The number of likely N-dealkylation sites (tertiary alicyclic amines) is 1. The van der Waals surface area contributed by atoms with E-state index in [9.17, 15) is 15.3 Å². The summed E-state index contributed by atoms with van der Waals surface area (Å²) in [7, 11) is 2.03. The number of hydrogen-bond donors (Lipinski definition) is 2. The van der Waals surface area contributed by atoms with Crippen LogP contribution in [-0.2, 0) is 9.53 Å². The molecule has 2 N–H and O–H groups in total. The van der Waals surface area contributed by atoms with E-state index in [2.05, 4.69) is 21.6 Å². The minimum Gasteiger partial charge on any atom is -0.378 e. The fourth-order valence-corrected chi connectivity index (χ4v) is 4.71. The van der Waals surface area contributed by atoms with Crippen LogP contribution in [0.1, 0.15) is 51.4 Å². The maximum atomic E-state index is 13.4. The summed E-state index contributed by atoms with van der Waals surface area (Å²) in [6.07, 6.45) is 9.65. The normalized spacial score (nSPS) is 24.0. The van der Waals surface area contributed by atoms with Gasteiger partial charge < -0.3 is 19.9 Å². The molecule has 31 heavy (non-hydrogen) atoms. The second-order valence-electron chi connectivity index (χ2n) is 9.03. The molecule has 3 aliphatic rings. The van der Waals surface area contributed by atoms with Gasteiger partial charge in [-0.25, -0.2) is 4.99 Å². The highest BCUT2D eigenvalue weighted by molar-refractivity contribution is 5.88. The van der Waals surface area contributed by atoms with Crippen LogP contribution in [-0.4, -0.2) is 79.7 Å². The number of rotatable bonds is 5. The van der Waals surface area contributed by atoms with Crippen LogP contribution >= 0.6 is 0 Å². The number of aliphatic imine (C=N–C) groups is 1. The number of amides is 1. The Hall–Kier alpha value is -2.36. The van der Waals surface area contributed by atoms with E-state index < -0.39 is 11.6 Å². The predicted molar refractivity (Wildman–Crippen MR) is 117 cm³/mol. The topological polar surface area (TPSA) is 117 Å². The number of hydrogen-bond acceptors (Lipinski definition) is 6. The van der Waals surface area contributed by atoms with Gasteiger partial charge in [-0.2, -0.15) is 10.5 Å². The van der Waals surface area contributed by atoms with Crippen LogP contribution in [0.25, 0.3) is 0 Å². The molecular weight excluding hydrogens is 394 g/mol. The van der Waals surface area contributed by atoms with Gasteiger partial charge in [-0.3, -0.25) is 10.1 Å². The van der Waals surface area contributed by atoms with Crippen LogP contribution in [0.5, 0.6) is 0 Å². The maximum Gasteiger partial charge on any atom is 0.246 e. The summed E-state index contributed by atoms with van der Waals surface area (Å²) in [4.78, 5) is 22.3. The summed E-state index contributed by atoms with van der Waals surface area (Å²) < 4.78 is 5.41. The van der Waals surface area contributed by atoms with Crippen molar-refractivity contribution in [3.05, 3.63) is 0 Å². The summed E-state index contributed by atoms with van der Waals surface area (Å²) >= 11 is 0. The number of piperidine rings is 1. The minimum absolute atomic E-state index is 0.206. The first-order chi connectivity index (χ1) is 15.0. The Morgan fingerprint density at radius 3 is 2.45 bits per heavy atom. The first kappa shape index (κ1) is 23.3. The van der Waals surface area contributed by atoms with Gasteiger partial charge in [0, 0.05) is 26.2 Å². The standard InChI is InChI=1S/C22H35N7O2/c1-28-9-7-22(16-23,8-10-28)27-20(30)19(15-18-5-3-2-4-6-18)26-21(25-17-24)29-11-13-31-14-12-29/h18-19H,2-15H2,1H3,(H,25,26)(H,27,30)/t19-/m0/s1. The molecule has 9 nitrogen and oxygen atoms in total. The van der Waals surface area contributed by atoms with Gasteiger partial charge in [-0.1, -0.05) is 32.1 Å². The van der Waals surface area contributed by atoms with E-state index in [1.807, 2.05) is 18.1 Å². The Bertz CT molecular complexity index is 706. The van der Waals surface area contributed by atoms with E-state index in [0.29, 0.717) is 57.4 Å². The zero-order valence-corrected chi connectivity index (χ0v) is 18.6. The predicted octanol–water partition coefficient (Wildman–Crippen LogP) is 1.19. The quantitative estimate of drug-likeness (QED) is 0.292. The van der Waals surface area contributed by atoms with E-state index in [0.717, 1.165) is 25.9 Å². The highest BCUT2D eigenvalue weighted by Gasteiger charge is 2.38. The summed E-state index contributed by atoms with van der Waals surface area (Å²) in [6.45, 7) is 3.94. The van der Waals surface area contributed by atoms with Crippen molar-refractivity contribution in [3.8, 4) is 12.3 Å². The fraction of sp³-hybridized carbons (Fsp3) is 0.818. The Morgan fingerprint density at radius 2 is 1.84 bits per heavy atom. The minimum atomic E-state index is -0.842. The highest BCUT2D eigenvalue weighted by atomic mass is 16.5. The molecule has 2 aliphatic heterocycles. The van der Waals surface area contributed by atoms with E-state index >= 15 is 0 Å². The van der Waals surface area contributed by atoms with Gasteiger partial charge in [-0.05, 0) is 32.2 Å². The molecule has 0 aromatic heterocycles. The van der Waals surface area contributed by atoms with E-state index in [1.54, 1.807) is 0 Å². The van der Waals surface area contributed by atoms with Crippen LogP contribution in [0.15, 0.2) is 4.99 Å². The van der Waals surface area contributed by atoms with Crippen LogP contribution in [0.2, 0.25) is 0 Å². The molecule has 170 valence electrons. The molecule has 3 fully saturated rings. The van der Waals surface area contributed by atoms with Crippen molar-refractivity contribution < 1.29 is 9.53 Å². The summed E-state index contributed by atoms with van der Waals surface area (Å²) in [5.41, 5.74) is -0.842. The summed E-state index contributed by atoms with van der Waals surface area (Å²) in [5.74, 6) is 0.662. The molecule has 0 aromatic carbocycles. The molecule has 0 aromatic rings. The Balaban J connectivity index is 1.79. The average molecular weight is 430 g/mol. The first-order valence-electron chi connectivity index (χ1n) is 11.5. The van der Waals surface area contributed by atoms with E-state index in [1.165, 1.54) is 19.3 Å². The van der Waals surface area contributed by atoms with Crippen molar-refractivity contribution in [1.29, 1.82) is 10.5 Å². The van der Waals surface area contributed by atoms with Gasteiger partial charge in [0.15, 0.2) is 6.19 Å². The Morgan fingerprint density at radius 1 is 1.16 bits per heavy atom. The van der Waals surface area contributed by atoms with E-state index in [-0.39, 0.29) is 5.91 Å². The molecule has 3 rings (SSSR count). The number of ether oxygens (including phenoxy) is 1. The molecule has 9 heteroatoms. The smallest absolute Gasteiger partial charge is 0.246 e. The van der Waals surface area contributed by atoms with Gasteiger partial charge >= 0.3 is 0 Å². The zero-order chi connectivity index (χ0) is 22.1. The van der Waals surface area contributed by atoms with Crippen LogP contribution in [0, 0.1) is 28.7 Å². The molecule has 2 saturated heterocycles. The van der Waals surface area contributed by atoms with Gasteiger partial charge in [0.25, 0.3) is 0 Å². The lowest BCUT2D eigenvalue weighted by Gasteiger charge is -2.37. The summed E-state index contributed by atoms with van der Waals surface area (Å²) in [6, 6.07) is 1.75. The molecular formula is C22H35N7O2. The number of guanidine groups is 1. The lowest BCUT2D eigenvalue weighted by atomic mass is 9.84. The van der Waals surface area contributed by atoms with Crippen molar-refractivity contribution in [2.24, 2.45) is 10.9 Å². The third kappa shape index (κ3) is 6.56. The van der Waals surface area contributed by atoms with Gasteiger partial charge in [0.2, 0.25) is 11.9 Å². The number of morpholine rings is 1. The molecule has 0 bridgehead atoms. The molecule has 1 atom stereocenters. The fourth-order valence-electron chi connectivity index (χ4n) is 4.71. The zero-order valence-electron chi connectivity index (χ0n) is 18.6. The third-order valence-electron chi connectivity index (χ3n) is 6.76. The SMILES string of the molecule is CN1CCC(C#N)(NC(=O)[C@H](CC2CCCCC2)N=C(NC#N)N2CCOCC2)CC1. The highest BCUT2D eigenvalue weighted by Crippen LogP contribution is 2.29. The maximum absolute atomic E-state index is 13.4. The number of nitrogens with one attached hydrogen (secondary N) is 2. The van der Waals surface area contributed by atoms with Crippen molar-refractivity contribution >= 4 is 11.9 Å². The van der Waals surface area contributed by atoms with Gasteiger partial charge in [-0.15, -0.1) is 0 Å². The Kier molecular flexibility index (Phi) is 8.51. The molecule has 0 radical (unpaired) electrons. The number of nitriles is 2. The van der Waals surface area contributed by atoms with Crippen LogP contribution in [0.4, 0.5) is 0 Å². The van der Waals surface area contributed by atoms with E-state index in [4.69, 9.17) is 9.73 Å². The molecule has 0 unspecified atom stereocenters. The average Bonchev–Trinajstić information content (AvgIpc) is 2.81. The van der Waals surface area contributed by atoms with Crippen molar-refractivity contribution in [2.75, 3.05) is 46.4 Å². The molecule has 1 saturated carbocycles. The second kappa shape index (κ2) is 11.3. The van der Waals surface area contributed by atoms with Crippen molar-refractivity contribution in [1.82, 2.24) is 20.4 Å². The van der Waals surface area contributed by atoms with Gasteiger partial charge in [0.05, 0.1) is 19.3 Å². The lowest BCUT2D eigenvalue weighted by Crippen LogP contribution is -2.56. The summed E-state index contributed by atoms with van der Waals surface area (Å²) in [5, 5.41) is 24.8. The lowest BCUT2D eigenvalue weighted by molar-refractivity contribution is -0.124. The molecule has 1 amide bonds. The monoisotopic (exact) mass is 429 g/mol. The van der Waals surface area contributed by atoms with Gasteiger partial charge in [0.1, 0.15) is 11.6 Å². The number of carbonyl (C=O) groups is 1. The first-order valence-corrected chi connectivity index (χ1v) is 11.5. The molecule has 1 aliphatic carbocycles. The third-order valence-corrected chi connectivity index (χ3v) is 6.76. The number of nitrogens with zero attached hydrogens (tertiary/aromatic N) is 5.